The van der Waals surface area contributed by atoms with Crippen molar-refractivity contribution in [3.63, 3.8) is 0 Å². The van der Waals surface area contributed by atoms with E-state index in [0.29, 0.717) is 13.2 Å². The molecule has 90 valence electrons. The van der Waals surface area contributed by atoms with Gasteiger partial charge in [-0.05, 0) is 6.42 Å². The summed E-state index contributed by atoms with van der Waals surface area (Å²) in [6.45, 7) is 2.76. The van der Waals surface area contributed by atoms with Crippen molar-refractivity contribution >= 4 is 29.0 Å². The number of aromatic nitrogens is 2. The number of rotatable bonds is 7. The molecule has 0 bridgehead atoms. The predicted octanol–water partition coefficient (Wildman–Crippen LogP) is 1.30. The lowest BCUT2D eigenvalue weighted by molar-refractivity contribution is -0.118. The Morgan fingerprint density at radius 2 is 2.38 bits per heavy atom. The molecule has 0 fully saturated rings. The monoisotopic (exact) mass is 261 g/mol. The molecular formula is C9H15N3O2S2. The van der Waals surface area contributed by atoms with Crippen molar-refractivity contribution < 1.29 is 9.53 Å². The first-order chi connectivity index (χ1) is 7.72. The molecule has 1 aromatic rings. The average molecular weight is 261 g/mol. The van der Waals surface area contributed by atoms with Gasteiger partial charge in [-0.15, -0.1) is 10.2 Å². The first kappa shape index (κ1) is 13.4. The van der Waals surface area contributed by atoms with E-state index < -0.39 is 0 Å². The lowest BCUT2D eigenvalue weighted by Gasteiger charge is -1.99. The molecule has 0 spiro atoms. The minimum absolute atomic E-state index is 0.0169. The van der Waals surface area contributed by atoms with Crippen LogP contribution in [-0.4, -0.2) is 35.5 Å². The summed E-state index contributed by atoms with van der Waals surface area (Å²) in [6, 6.07) is 0. The molecule has 0 saturated carbocycles. The Hall–Kier alpha value is -0.660. The molecule has 0 saturated heterocycles. The van der Waals surface area contributed by atoms with Crippen LogP contribution in [0, 0.1) is 0 Å². The number of hydrogen-bond acceptors (Lipinski definition) is 6. The first-order valence-corrected chi connectivity index (χ1v) is 6.71. The normalized spacial score (nSPS) is 10.4. The van der Waals surface area contributed by atoms with E-state index in [1.54, 1.807) is 30.2 Å². The Kier molecular flexibility index (Phi) is 6.36. The van der Waals surface area contributed by atoms with Gasteiger partial charge >= 0.3 is 0 Å². The molecule has 0 atom stereocenters. The largest absolute Gasteiger partial charge is 0.377 e. The third kappa shape index (κ3) is 5.43. The topological polar surface area (TPSA) is 64.1 Å². The second kappa shape index (κ2) is 7.59. The second-order valence-corrected chi connectivity index (χ2v) is 5.48. The van der Waals surface area contributed by atoms with Crippen LogP contribution in [0.4, 0.5) is 0 Å². The number of carbonyl (C=O) groups is 1. The van der Waals surface area contributed by atoms with Gasteiger partial charge in [-0.25, -0.2) is 0 Å². The quantitative estimate of drug-likeness (QED) is 0.592. The number of thioether (sulfide) groups is 1. The number of amides is 1. The fourth-order valence-electron chi connectivity index (χ4n) is 0.974. The number of hydrogen-bond donors (Lipinski definition) is 1. The Morgan fingerprint density at radius 3 is 3.06 bits per heavy atom. The molecule has 1 amide bonds. The van der Waals surface area contributed by atoms with Gasteiger partial charge < -0.3 is 10.1 Å². The summed E-state index contributed by atoms with van der Waals surface area (Å²) in [5.41, 5.74) is 0. The third-order valence-corrected chi connectivity index (χ3v) is 3.75. The second-order valence-electron chi connectivity index (χ2n) is 3.08. The highest BCUT2D eigenvalue weighted by molar-refractivity contribution is 8.01. The van der Waals surface area contributed by atoms with Crippen molar-refractivity contribution in [2.45, 2.75) is 24.3 Å². The summed E-state index contributed by atoms with van der Waals surface area (Å²) in [7, 11) is 1.64. The lowest BCUT2D eigenvalue weighted by atomic mass is 10.5. The van der Waals surface area contributed by atoms with Crippen LogP contribution in [0.25, 0.3) is 0 Å². The Bertz CT molecular complexity index is 330. The van der Waals surface area contributed by atoms with Gasteiger partial charge in [0.25, 0.3) is 0 Å². The summed E-state index contributed by atoms with van der Waals surface area (Å²) in [5.74, 6) is 0.949. The molecule has 0 radical (unpaired) electrons. The minimum Gasteiger partial charge on any atom is -0.377 e. The summed E-state index contributed by atoms with van der Waals surface area (Å²) in [6.07, 6.45) is 0.934. The predicted molar refractivity (Wildman–Crippen MR) is 64.6 cm³/mol. The fraction of sp³-hybridized carbons (Fsp3) is 0.667. The molecular weight excluding hydrogens is 246 g/mol. The van der Waals surface area contributed by atoms with Crippen LogP contribution >= 0.6 is 23.1 Å². The van der Waals surface area contributed by atoms with E-state index in [0.717, 1.165) is 21.5 Å². The standard InChI is InChI=1S/C9H15N3O2S2/c1-7(13)10-4-3-5-15-9-12-11-8(16-9)6-14-2/h3-6H2,1-2H3,(H,10,13). The van der Waals surface area contributed by atoms with Crippen molar-refractivity contribution in [3.05, 3.63) is 5.01 Å². The summed E-state index contributed by atoms with van der Waals surface area (Å²) >= 11 is 3.21. The highest BCUT2D eigenvalue weighted by atomic mass is 32.2. The Balaban J connectivity index is 2.14. The highest BCUT2D eigenvalue weighted by Crippen LogP contribution is 2.22. The van der Waals surface area contributed by atoms with Crippen molar-refractivity contribution in [1.29, 1.82) is 0 Å². The van der Waals surface area contributed by atoms with Crippen molar-refractivity contribution in [2.75, 3.05) is 19.4 Å². The zero-order valence-electron chi connectivity index (χ0n) is 9.36. The molecule has 0 aromatic carbocycles. The number of carbonyl (C=O) groups excluding carboxylic acids is 1. The van der Waals surface area contributed by atoms with Gasteiger partial charge in [0.1, 0.15) is 5.01 Å². The van der Waals surface area contributed by atoms with Crippen LogP contribution < -0.4 is 5.32 Å². The SMILES string of the molecule is COCc1nnc(SCCCNC(C)=O)s1. The van der Waals surface area contributed by atoms with Gasteiger partial charge in [0.05, 0.1) is 6.61 Å². The van der Waals surface area contributed by atoms with E-state index in [1.165, 1.54) is 6.92 Å². The number of ether oxygens (including phenoxy) is 1. The maximum atomic E-state index is 10.6. The number of methoxy groups -OCH3 is 1. The molecule has 1 aromatic heterocycles. The van der Waals surface area contributed by atoms with Crippen LogP contribution in [-0.2, 0) is 16.1 Å². The molecule has 1 rings (SSSR count). The number of nitrogens with one attached hydrogen (secondary N) is 1. The van der Waals surface area contributed by atoms with E-state index >= 15 is 0 Å². The zero-order valence-corrected chi connectivity index (χ0v) is 11.0. The Labute approximate surface area is 103 Å². The first-order valence-electron chi connectivity index (χ1n) is 4.91. The van der Waals surface area contributed by atoms with E-state index in [2.05, 4.69) is 15.5 Å². The smallest absolute Gasteiger partial charge is 0.216 e. The molecule has 0 aliphatic heterocycles. The molecule has 7 heteroatoms. The molecule has 5 nitrogen and oxygen atoms in total. The van der Waals surface area contributed by atoms with Gasteiger partial charge in [0, 0.05) is 26.3 Å². The molecule has 0 aliphatic carbocycles. The van der Waals surface area contributed by atoms with E-state index in [4.69, 9.17) is 4.74 Å². The van der Waals surface area contributed by atoms with Crippen molar-refractivity contribution in [3.8, 4) is 0 Å². The number of nitrogens with zero attached hydrogens (tertiary/aromatic N) is 2. The average Bonchev–Trinajstić information content (AvgIpc) is 2.65. The van der Waals surface area contributed by atoms with Crippen molar-refractivity contribution in [2.24, 2.45) is 0 Å². The van der Waals surface area contributed by atoms with Gasteiger partial charge in [-0.1, -0.05) is 23.1 Å². The van der Waals surface area contributed by atoms with Gasteiger partial charge in [-0.2, -0.15) is 0 Å². The molecule has 16 heavy (non-hydrogen) atoms. The van der Waals surface area contributed by atoms with Crippen LogP contribution in [0.15, 0.2) is 4.34 Å². The minimum atomic E-state index is 0.0169. The van der Waals surface area contributed by atoms with Crippen LogP contribution in [0.3, 0.4) is 0 Å². The Morgan fingerprint density at radius 1 is 1.56 bits per heavy atom. The van der Waals surface area contributed by atoms with Gasteiger partial charge in [-0.3, -0.25) is 4.79 Å². The van der Waals surface area contributed by atoms with E-state index in [1.807, 2.05) is 0 Å². The fourth-order valence-corrected chi connectivity index (χ4v) is 2.85. The summed E-state index contributed by atoms with van der Waals surface area (Å²) in [5, 5.41) is 11.7. The lowest BCUT2D eigenvalue weighted by Crippen LogP contribution is -2.21. The van der Waals surface area contributed by atoms with Crippen LogP contribution in [0.2, 0.25) is 0 Å². The zero-order chi connectivity index (χ0) is 11.8. The van der Waals surface area contributed by atoms with Gasteiger partial charge in [0.2, 0.25) is 5.91 Å². The molecule has 1 heterocycles. The highest BCUT2D eigenvalue weighted by Gasteiger charge is 2.03. The molecule has 1 N–H and O–H groups in total. The maximum Gasteiger partial charge on any atom is 0.216 e. The summed E-state index contributed by atoms with van der Waals surface area (Å²) in [4.78, 5) is 10.6. The van der Waals surface area contributed by atoms with E-state index in [-0.39, 0.29) is 5.91 Å². The van der Waals surface area contributed by atoms with Crippen LogP contribution in [0.1, 0.15) is 18.4 Å². The third-order valence-electron chi connectivity index (χ3n) is 1.64. The maximum absolute atomic E-state index is 10.6. The van der Waals surface area contributed by atoms with E-state index in [9.17, 15) is 4.79 Å². The van der Waals surface area contributed by atoms with Crippen LogP contribution in [0.5, 0.6) is 0 Å². The van der Waals surface area contributed by atoms with Gasteiger partial charge in [0.15, 0.2) is 4.34 Å². The molecule has 0 aliphatic rings. The molecule has 0 unspecified atom stereocenters. The summed E-state index contributed by atoms with van der Waals surface area (Å²) < 4.78 is 5.92. The van der Waals surface area contributed by atoms with Crippen molar-refractivity contribution in [1.82, 2.24) is 15.5 Å².